The maximum Gasteiger partial charge on any atom is 0.334 e. The first-order chi connectivity index (χ1) is 12.0. The third-order valence-corrected chi connectivity index (χ3v) is 4.42. The number of benzene rings is 2. The predicted molar refractivity (Wildman–Crippen MR) is 96.8 cm³/mol. The van der Waals surface area contributed by atoms with Gasteiger partial charge in [-0.15, -0.1) is 0 Å². The zero-order valence-electron chi connectivity index (χ0n) is 14.7. The molecular formula is C20H22N2O3. The third-order valence-electron chi connectivity index (χ3n) is 4.42. The highest BCUT2D eigenvalue weighted by Gasteiger charge is 2.39. The van der Waals surface area contributed by atoms with Gasteiger partial charge in [-0.2, -0.15) is 5.26 Å². The average Bonchev–Trinajstić information content (AvgIpc) is 2.65. The first-order valence-electron chi connectivity index (χ1n) is 8.19. The van der Waals surface area contributed by atoms with Crippen molar-refractivity contribution < 1.29 is 14.6 Å². The average molecular weight is 338 g/mol. The van der Waals surface area contributed by atoms with Gasteiger partial charge >= 0.3 is 5.97 Å². The van der Waals surface area contributed by atoms with E-state index in [0.29, 0.717) is 23.2 Å². The van der Waals surface area contributed by atoms with E-state index in [1.165, 1.54) is 0 Å². The second-order valence-corrected chi connectivity index (χ2v) is 5.76. The Hall–Kier alpha value is -3.00. The second kappa shape index (κ2) is 7.71. The van der Waals surface area contributed by atoms with Crippen LogP contribution in [-0.4, -0.2) is 18.2 Å². The molecule has 2 rings (SSSR count). The topological polar surface area (TPSA) is 82.4 Å². The summed E-state index contributed by atoms with van der Waals surface area (Å²) < 4.78 is 5.34. The van der Waals surface area contributed by atoms with E-state index in [1.807, 2.05) is 26.0 Å². The normalized spacial score (nSPS) is 12.7. The summed E-state index contributed by atoms with van der Waals surface area (Å²) in [4.78, 5) is 12.2. The van der Waals surface area contributed by atoms with Gasteiger partial charge in [0.2, 0.25) is 0 Å². The summed E-state index contributed by atoms with van der Waals surface area (Å²) in [6.07, 6.45) is 1.10. The van der Waals surface area contributed by atoms with Crippen LogP contribution in [0.3, 0.4) is 0 Å². The van der Waals surface area contributed by atoms with E-state index < -0.39 is 11.5 Å². The number of ether oxygens (including phenoxy) is 1. The fourth-order valence-corrected chi connectivity index (χ4v) is 2.89. The van der Waals surface area contributed by atoms with Crippen molar-refractivity contribution in [2.75, 3.05) is 12.4 Å². The van der Waals surface area contributed by atoms with Crippen molar-refractivity contribution in [1.82, 2.24) is 0 Å². The lowest BCUT2D eigenvalue weighted by atomic mass is 9.85. The van der Waals surface area contributed by atoms with Gasteiger partial charge in [-0.1, -0.05) is 19.9 Å². The van der Waals surface area contributed by atoms with Gasteiger partial charge in [-0.05, 0) is 60.4 Å². The minimum Gasteiger partial charge on any atom is -0.496 e. The SMILES string of the molecule is CCc1cc(C(CC)(Nc2ccc(C#N)cc2)C(=O)O)ccc1OC. The number of methoxy groups -OCH3 is 1. The fourth-order valence-electron chi connectivity index (χ4n) is 2.89. The van der Waals surface area contributed by atoms with Crippen LogP contribution in [0.15, 0.2) is 42.5 Å². The van der Waals surface area contributed by atoms with Crippen LogP contribution in [0.1, 0.15) is 37.0 Å². The molecule has 0 aromatic heterocycles. The van der Waals surface area contributed by atoms with E-state index in [9.17, 15) is 9.90 Å². The molecule has 2 aromatic carbocycles. The Bertz CT molecular complexity index is 794. The lowest BCUT2D eigenvalue weighted by Crippen LogP contribution is -2.43. The summed E-state index contributed by atoms with van der Waals surface area (Å²) in [6, 6.07) is 14.3. The first-order valence-corrected chi connectivity index (χ1v) is 8.19. The van der Waals surface area contributed by atoms with Crippen LogP contribution in [0.2, 0.25) is 0 Å². The third kappa shape index (κ3) is 3.58. The van der Waals surface area contributed by atoms with E-state index in [-0.39, 0.29) is 0 Å². The number of carbonyl (C=O) groups is 1. The molecular weight excluding hydrogens is 316 g/mol. The Morgan fingerprint density at radius 3 is 2.40 bits per heavy atom. The molecule has 25 heavy (non-hydrogen) atoms. The van der Waals surface area contributed by atoms with Crippen LogP contribution in [-0.2, 0) is 16.8 Å². The van der Waals surface area contributed by atoms with Crippen molar-refractivity contribution in [3.63, 3.8) is 0 Å². The predicted octanol–water partition coefficient (Wildman–Crippen LogP) is 3.93. The largest absolute Gasteiger partial charge is 0.496 e. The fraction of sp³-hybridized carbons (Fsp3) is 0.300. The Morgan fingerprint density at radius 1 is 1.24 bits per heavy atom. The lowest BCUT2D eigenvalue weighted by molar-refractivity contribution is -0.142. The summed E-state index contributed by atoms with van der Waals surface area (Å²) >= 11 is 0. The maximum atomic E-state index is 12.2. The number of nitrogens with zero attached hydrogens (tertiary/aromatic N) is 1. The standard InChI is InChI=1S/C20H22N2O3/c1-4-15-12-16(8-11-18(15)25-3)20(5-2,19(23)24)22-17-9-6-14(13-21)7-10-17/h6-12,22H,4-5H2,1-3H3,(H,23,24). The molecule has 1 unspecified atom stereocenters. The highest BCUT2D eigenvalue weighted by atomic mass is 16.5. The monoisotopic (exact) mass is 338 g/mol. The summed E-state index contributed by atoms with van der Waals surface area (Å²) in [5.41, 5.74) is 1.55. The van der Waals surface area contributed by atoms with Crippen molar-refractivity contribution in [3.05, 3.63) is 59.2 Å². The molecule has 0 bridgehead atoms. The van der Waals surface area contributed by atoms with Crippen LogP contribution >= 0.6 is 0 Å². The number of aliphatic carboxylic acids is 1. The molecule has 0 amide bonds. The molecule has 2 N–H and O–H groups in total. The number of carboxylic acids is 1. The molecule has 0 aliphatic carbocycles. The van der Waals surface area contributed by atoms with Crippen LogP contribution in [0.4, 0.5) is 5.69 Å². The minimum absolute atomic E-state index is 0.359. The smallest absolute Gasteiger partial charge is 0.334 e. The van der Waals surface area contributed by atoms with Crippen LogP contribution in [0.25, 0.3) is 0 Å². The number of nitriles is 1. The number of nitrogens with one attached hydrogen (secondary N) is 1. The molecule has 0 aliphatic heterocycles. The van der Waals surface area contributed by atoms with Gasteiger partial charge in [-0.25, -0.2) is 4.79 Å². The molecule has 2 aromatic rings. The Balaban J connectivity index is 2.50. The molecule has 130 valence electrons. The molecule has 0 saturated carbocycles. The van der Waals surface area contributed by atoms with Crippen LogP contribution in [0.5, 0.6) is 5.75 Å². The van der Waals surface area contributed by atoms with Gasteiger partial charge < -0.3 is 15.2 Å². The summed E-state index contributed by atoms with van der Waals surface area (Å²) in [5, 5.41) is 22.0. The number of carboxylic acid groups (broad SMARTS) is 1. The van der Waals surface area contributed by atoms with E-state index in [0.717, 1.165) is 17.7 Å². The maximum absolute atomic E-state index is 12.2. The Kier molecular flexibility index (Phi) is 5.66. The summed E-state index contributed by atoms with van der Waals surface area (Å²) in [6.45, 7) is 3.84. The minimum atomic E-state index is -1.26. The molecule has 5 nitrogen and oxygen atoms in total. The molecule has 0 spiro atoms. The molecule has 0 fully saturated rings. The van der Waals surface area contributed by atoms with Crippen molar-refractivity contribution in [2.45, 2.75) is 32.2 Å². The van der Waals surface area contributed by atoms with Crippen molar-refractivity contribution in [2.24, 2.45) is 0 Å². The Morgan fingerprint density at radius 2 is 1.92 bits per heavy atom. The number of rotatable bonds is 7. The molecule has 1 atom stereocenters. The molecule has 0 heterocycles. The molecule has 0 saturated heterocycles. The number of aryl methyl sites for hydroxylation is 1. The highest BCUT2D eigenvalue weighted by molar-refractivity contribution is 5.85. The highest BCUT2D eigenvalue weighted by Crippen LogP contribution is 2.33. The van der Waals surface area contributed by atoms with E-state index >= 15 is 0 Å². The van der Waals surface area contributed by atoms with E-state index in [1.54, 1.807) is 37.4 Å². The first kappa shape index (κ1) is 18.3. The number of anilines is 1. The van der Waals surface area contributed by atoms with Gasteiger partial charge in [-0.3, -0.25) is 0 Å². The van der Waals surface area contributed by atoms with E-state index in [4.69, 9.17) is 10.00 Å². The second-order valence-electron chi connectivity index (χ2n) is 5.76. The van der Waals surface area contributed by atoms with Gasteiger partial charge in [0.25, 0.3) is 0 Å². The van der Waals surface area contributed by atoms with Crippen molar-refractivity contribution >= 4 is 11.7 Å². The van der Waals surface area contributed by atoms with E-state index in [2.05, 4.69) is 11.4 Å². The molecule has 5 heteroatoms. The number of hydrogen-bond donors (Lipinski definition) is 2. The van der Waals surface area contributed by atoms with Crippen LogP contribution in [0, 0.1) is 11.3 Å². The summed E-state index contributed by atoms with van der Waals surface area (Å²) in [7, 11) is 1.60. The van der Waals surface area contributed by atoms with Gasteiger partial charge in [0, 0.05) is 5.69 Å². The zero-order chi connectivity index (χ0) is 18.4. The van der Waals surface area contributed by atoms with Crippen LogP contribution < -0.4 is 10.1 Å². The quantitative estimate of drug-likeness (QED) is 0.799. The van der Waals surface area contributed by atoms with Gasteiger partial charge in [0.1, 0.15) is 5.75 Å². The van der Waals surface area contributed by atoms with Crippen molar-refractivity contribution in [3.8, 4) is 11.8 Å². The lowest BCUT2D eigenvalue weighted by Gasteiger charge is -2.31. The van der Waals surface area contributed by atoms with Gasteiger partial charge in [0.05, 0.1) is 18.7 Å². The summed E-state index contributed by atoms with van der Waals surface area (Å²) in [5.74, 6) is -0.202. The van der Waals surface area contributed by atoms with Gasteiger partial charge in [0.15, 0.2) is 5.54 Å². The zero-order valence-corrected chi connectivity index (χ0v) is 14.7. The molecule has 0 aliphatic rings. The van der Waals surface area contributed by atoms with Crippen molar-refractivity contribution in [1.29, 1.82) is 5.26 Å². The number of hydrogen-bond acceptors (Lipinski definition) is 4. The Labute approximate surface area is 147 Å². The molecule has 0 radical (unpaired) electrons.